The molecule has 1 N–H and O–H groups in total. The number of Topliss-reactive ketones (excluding diaryl/α,β-unsaturated/α-hetero) is 2. The second-order valence-corrected chi connectivity index (χ2v) is 6.46. The van der Waals surface area contributed by atoms with Crippen LogP contribution in [0.5, 0.6) is 5.75 Å². The Labute approximate surface area is 164 Å². The molecule has 148 valence electrons. The molecule has 0 amide bonds. The van der Waals surface area contributed by atoms with Crippen LogP contribution in [0.4, 0.5) is 0 Å². The van der Waals surface area contributed by atoms with Crippen LogP contribution in [0, 0.1) is 13.8 Å². The van der Waals surface area contributed by atoms with Gasteiger partial charge in [-0.1, -0.05) is 12.1 Å². The van der Waals surface area contributed by atoms with E-state index < -0.39 is 12.1 Å². The van der Waals surface area contributed by atoms with Crippen molar-refractivity contribution in [1.29, 1.82) is 0 Å². The number of ether oxygens (including phenoxy) is 2. The van der Waals surface area contributed by atoms with Gasteiger partial charge in [0.1, 0.15) is 5.75 Å². The fraction of sp³-hybridized carbons (Fsp3) is 0.318. The van der Waals surface area contributed by atoms with Gasteiger partial charge < -0.3 is 14.5 Å². The summed E-state index contributed by atoms with van der Waals surface area (Å²) in [5.41, 5.74) is 2.79. The Morgan fingerprint density at radius 3 is 2.32 bits per heavy atom. The van der Waals surface area contributed by atoms with E-state index in [0.717, 1.165) is 11.3 Å². The van der Waals surface area contributed by atoms with Gasteiger partial charge in [0.05, 0.1) is 12.3 Å². The Morgan fingerprint density at radius 1 is 1.14 bits per heavy atom. The van der Waals surface area contributed by atoms with Crippen LogP contribution in [0.3, 0.4) is 0 Å². The second-order valence-electron chi connectivity index (χ2n) is 6.46. The van der Waals surface area contributed by atoms with E-state index in [1.807, 2.05) is 31.2 Å². The van der Waals surface area contributed by atoms with Crippen LogP contribution in [-0.2, 0) is 9.53 Å². The Kier molecular flexibility index (Phi) is 6.93. The standard InChI is InChI=1S/C22H25NO5/c1-6-27-18-10-7-17(8-11-18)9-12-19(25)28-16(5)22(26)21-13(2)20(15(4)24)14(3)23-21/h7-12,16,23H,6H2,1-5H3/b12-9+/t16-/m0/s1. The third-order valence-electron chi connectivity index (χ3n) is 4.30. The van der Waals surface area contributed by atoms with Crippen molar-refractivity contribution in [3.63, 3.8) is 0 Å². The lowest BCUT2D eigenvalue weighted by atomic mass is 10.0. The highest BCUT2D eigenvalue weighted by molar-refractivity contribution is 6.05. The summed E-state index contributed by atoms with van der Waals surface area (Å²) in [6, 6.07) is 7.25. The van der Waals surface area contributed by atoms with E-state index in [1.54, 1.807) is 19.9 Å². The zero-order chi connectivity index (χ0) is 20.8. The molecular weight excluding hydrogens is 358 g/mol. The normalized spacial score (nSPS) is 12.0. The number of rotatable bonds is 8. The minimum atomic E-state index is -0.978. The zero-order valence-electron chi connectivity index (χ0n) is 16.8. The van der Waals surface area contributed by atoms with Crippen molar-refractivity contribution in [1.82, 2.24) is 4.98 Å². The molecule has 0 bridgehead atoms. The first kappa shape index (κ1) is 21.2. The van der Waals surface area contributed by atoms with Gasteiger partial charge in [-0.25, -0.2) is 4.79 Å². The quantitative estimate of drug-likeness (QED) is 0.422. The molecule has 1 aromatic heterocycles. The number of benzene rings is 1. The van der Waals surface area contributed by atoms with E-state index in [-0.39, 0.29) is 11.6 Å². The molecule has 28 heavy (non-hydrogen) atoms. The number of nitrogens with one attached hydrogen (secondary N) is 1. The minimum Gasteiger partial charge on any atom is -0.494 e. The summed E-state index contributed by atoms with van der Waals surface area (Å²) in [5, 5.41) is 0. The lowest BCUT2D eigenvalue weighted by Gasteiger charge is -2.10. The van der Waals surface area contributed by atoms with E-state index in [2.05, 4.69) is 4.98 Å². The summed E-state index contributed by atoms with van der Waals surface area (Å²) in [4.78, 5) is 39.3. The van der Waals surface area contributed by atoms with Crippen LogP contribution in [0.1, 0.15) is 58.4 Å². The fourth-order valence-electron chi connectivity index (χ4n) is 3.00. The number of hydrogen-bond acceptors (Lipinski definition) is 5. The molecule has 0 aliphatic heterocycles. The van der Waals surface area contributed by atoms with Crippen molar-refractivity contribution in [2.24, 2.45) is 0 Å². The van der Waals surface area contributed by atoms with Crippen molar-refractivity contribution < 1.29 is 23.9 Å². The highest BCUT2D eigenvalue weighted by Crippen LogP contribution is 2.20. The van der Waals surface area contributed by atoms with Crippen LogP contribution in [0.15, 0.2) is 30.3 Å². The summed E-state index contributed by atoms with van der Waals surface area (Å²) < 4.78 is 10.6. The zero-order valence-corrected chi connectivity index (χ0v) is 16.8. The second kappa shape index (κ2) is 9.17. The smallest absolute Gasteiger partial charge is 0.331 e. The van der Waals surface area contributed by atoms with Gasteiger partial charge in [-0.15, -0.1) is 0 Å². The topological polar surface area (TPSA) is 85.5 Å². The number of H-pyrrole nitrogens is 1. The van der Waals surface area contributed by atoms with Crippen LogP contribution in [-0.4, -0.2) is 35.2 Å². The van der Waals surface area contributed by atoms with Crippen molar-refractivity contribution in [3.8, 4) is 5.75 Å². The average Bonchev–Trinajstić information content (AvgIpc) is 2.95. The van der Waals surface area contributed by atoms with Gasteiger partial charge in [0.25, 0.3) is 0 Å². The first-order valence-corrected chi connectivity index (χ1v) is 9.10. The van der Waals surface area contributed by atoms with E-state index in [9.17, 15) is 14.4 Å². The highest BCUT2D eigenvalue weighted by atomic mass is 16.5. The maximum atomic E-state index is 12.6. The number of aryl methyl sites for hydroxylation is 1. The first-order chi connectivity index (χ1) is 13.2. The van der Waals surface area contributed by atoms with Gasteiger partial charge in [0.15, 0.2) is 11.9 Å². The maximum Gasteiger partial charge on any atom is 0.331 e. The third kappa shape index (κ3) is 4.97. The van der Waals surface area contributed by atoms with Crippen molar-refractivity contribution in [2.75, 3.05) is 6.61 Å². The largest absolute Gasteiger partial charge is 0.494 e. The molecule has 0 saturated heterocycles. The molecule has 0 saturated carbocycles. The van der Waals surface area contributed by atoms with Crippen molar-refractivity contribution in [3.05, 3.63) is 58.4 Å². The van der Waals surface area contributed by atoms with E-state index in [1.165, 1.54) is 19.9 Å². The molecular formula is C22H25NO5. The Hall–Kier alpha value is -3.15. The van der Waals surface area contributed by atoms with Crippen LogP contribution in [0.2, 0.25) is 0 Å². The predicted octanol–water partition coefficient (Wildman–Crippen LogP) is 4.06. The van der Waals surface area contributed by atoms with Crippen molar-refractivity contribution >= 4 is 23.6 Å². The minimum absolute atomic E-state index is 0.117. The fourth-order valence-corrected chi connectivity index (χ4v) is 3.00. The molecule has 2 rings (SSSR count). The van der Waals surface area contributed by atoms with E-state index in [0.29, 0.717) is 29.1 Å². The third-order valence-corrected chi connectivity index (χ3v) is 4.30. The van der Waals surface area contributed by atoms with Crippen LogP contribution in [0.25, 0.3) is 6.08 Å². The summed E-state index contributed by atoms with van der Waals surface area (Å²) in [5.74, 6) is -0.366. The Balaban J connectivity index is 2.02. The molecule has 0 spiro atoms. The molecule has 1 atom stereocenters. The van der Waals surface area contributed by atoms with Crippen LogP contribution < -0.4 is 4.74 Å². The number of esters is 1. The molecule has 0 radical (unpaired) electrons. The predicted molar refractivity (Wildman–Crippen MR) is 107 cm³/mol. The Morgan fingerprint density at radius 2 is 1.79 bits per heavy atom. The number of hydrogen-bond donors (Lipinski definition) is 1. The summed E-state index contributed by atoms with van der Waals surface area (Å²) in [6.45, 7) is 8.88. The molecule has 0 fully saturated rings. The number of ketones is 2. The molecule has 0 aliphatic carbocycles. The van der Waals surface area contributed by atoms with Gasteiger partial charge >= 0.3 is 5.97 Å². The number of aromatic amines is 1. The van der Waals surface area contributed by atoms with E-state index >= 15 is 0 Å². The molecule has 2 aromatic rings. The van der Waals surface area contributed by atoms with Gasteiger partial charge in [0, 0.05) is 17.3 Å². The molecule has 1 heterocycles. The average molecular weight is 383 g/mol. The van der Waals surface area contributed by atoms with E-state index in [4.69, 9.17) is 9.47 Å². The van der Waals surface area contributed by atoms with Gasteiger partial charge in [-0.2, -0.15) is 0 Å². The maximum absolute atomic E-state index is 12.6. The number of aromatic nitrogens is 1. The summed E-state index contributed by atoms with van der Waals surface area (Å²) in [6.07, 6.45) is 1.90. The van der Waals surface area contributed by atoms with Crippen molar-refractivity contribution in [2.45, 2.75) is 40.7 Å². The van der Waals surface area contributed by atoms with Gasteiger partial charge in [-0.05, 0) is 64.0 Å². The SMILES string of the molecule is CCOc1ccc(/C=C/C(=O)O[C@@H](C)C(=O)c2[nH]c(C)c(C(C)=O)c2C)cc1. The first-order valence-electron chi connectivity index (χ1n) is 9.10. The highest BCUT2D eigenvalue weighted by Gasteiger charge is 2.25. The number of carbonyl (C=O) groups excluding carboxylic acids is 3. The van der Waals surface area contributed by atoms with Gasteiger partial charge in [-0.3, -0.25) is 9.59 Å². The lowest BCUT2D eigenvalue weighted by molar-refractivity contribution is -0.140. The Bertz CT molecular complexity index is 906. The van der Waals surface area contributed by atoms with Gasteiger partial charge in [0.2, 0.25) is 5.78 Å². The molecule has 0 aliphatic rings. The van der Waals surface area contributed by atoms with Crippen LogP contribution >= 0.6 is 0 Å². The lowest BCUT2D eigenvalue weighted by Crippen LogP contribution is -2.24. The molecule has 6 heteroatoms. The monoisotopic (exact) mass is 383 g/mol. The summed E-state index contributed by atoms with van der Waals surface area (Å²) in [7, 11) is 0. The molecule has 1 aromatic carbocycles. The molecule has 0 unspecified atom stereocenters. The summed E-state index contributed by atoms with van der Waals surface area (Å²) >= 11 is 0. The number of carbonyl (C=O) groups is 3. The molecule has 6 nitrogen and oxygen atoms in total.